The maximum atomic E-state index is 12.0. The summed E-state index contributed by atoms with van der Waals surface area (Å²) < 4.78 is 10.2. The first kappa shape index (κ1) is 15.8. The highest BCUT2D eigenvalue weighted by Crippen LogP contribution is 2.13. The first-order chi connectivity index (χ1) is 10.5. The molecule has 1 atom stereocenters. The van der Waals surface area contributed by atoms with Crippen LogP contribution in [0.25, 0.3) is 0 Å². The van der Waals surface area contributed by atoms with E-state index in [9.17, 15) is 9.59 Å². The SMILES string of the molecule is CCc1ccc(NC(=O)C(C)OC(=O)c2occc2C)cc1. The van der Waals surface area contributed by atoms with Gasteiger partial charge < -0.3 is 14.5 Å². The molecule has 1 N–H and O–H groups in total. The zero-order valence-electron chi connectivity index (χ0n) is 12.9. The molecule has 2 rings (SSSR count). The monoisotopic (exact) mass is 301 g/mol. The lowest BCUT2D eigenvalue weighted by Gasteiger charge is -2.13. The second-order valence-corrected chi connectivity index (χ2v) is 5.02. The van der Waals surface area contributed by atoms with Crippen LogP contribution in [0.4, 0.5) is 5.69 Å². The maximum absolute atomic E-state index is 12.0. The van der Waals surface area contributed by atoms with Crippen LogP contribution < -0.4 is 5.32 Å². The van der Waals surface area contributed by atoms with E-state index in [0.717, 1.165) is 6.42 Å². The van der Waals surface area contributed by atoms with E-state index >= 15 is 0 Å². The Hall–Kier alpha value is -2.56. The van der Waals surface area contributed by atoms with Crippen molar-refractivity contribution >= 4 is 17.6 Å². The van der Waals surface area contributed by atoms with Crippen molar-refractivity contribution in [1.29, 1.82) is 0 Å². The summed E-state index contributed by atoms with van der Waals surface area (Å²) in [5.74, 6) is -0.916. The van der Waals surface area contributed by atoms with Gasteiger partial charge in [-0.05, 0) is 44.0 Å². The maximum Gasteiger partial charge on any atom is 0.375 e. The van der Waals surface area contributed by atoms with E-state index in [1.165, 1.54) is 18.8 Å². The number of carbonyl (C=O) groups is 2. The van der Waals surface area contributed by atoms with Crippen LogP contribution in [0.3, 0.4) is 0 Å². The third-order valence-electron chi connectivity index (χ3n) is 3.33. The molecule has 5 heteroatoms. The van der Waals surface area contributed by atoms with Crippen LogP contribution in [-0.2, 0) is 16.0 Å². The van der Waals surface area contributed by atoms with Crippen molar-refractivity contribution in [3.63, 3.8) is 0 Å². The minimum atomic E-state index is -0.914. The Labute approximate surface area is 129 Å². The van der Waals surface area contributed by atoms with Gasteiger partial charge in [0.25, 0.3) is 5.91 Å². The second-order valence-electron chi connectivity index (χ2n) is 5.02. The van der Waals surface area contributed by atoms with Gasteiger partial charge in [0.1, 0.15) is 0 Å². The molecule has 0 fully saturated rings. The van der Waals surface area contributed by atoms with Crippen LogP contribution in [0.1, 0.15) is 35.5 Å². The van der Waals surface area contributed by atoms with E-state index in [2.05, 4.69) is 12.2 Å². The van der Waals surface area contributed by atoms with Crippen molar-refractivity contribution in [1.82, 2.24) is 0 Å². The minimum Gasteiger partial charge on any atom is -0.457 e. The summed E-state index contributed by atoms with van der Waals surface area (Å²) in [7, 11) is 0. The normalized spacial score (nSPS) is 11.8. The summed E-state index contributed by atoms with van der Waals surface area (Å²) in [5, 5.41) is 2.71. The van der Waals surface area contributed by atoms with Crippen molar-refractivity contribution in [2.45, 2.75) is 33.3 Å². The molecule has 0 aliphatic rings. The fraction of sp³-hybridized carbons (Fsp3) is 0.294. The van der Waals surface area contributed by atoms with E-state index in [1.807, 2.05) is 24.3 Å². The molecule has 0 bridgehead atoms. The van der Waals surface area contributed by atoms with Gasteiger partial charge in [-0.2, -0.15) is 0 Å². The van der Waals surface area contributed by atoms with Crippen LogP contribution in [-0.4, -0.2) is 18.0 Å². The Bertz CT molecular complexity index is 658. The highest BCUT2D eigenvalue weighted by Gasteiger charge is 2.22. The second kappa shape index (κ2) is 6.93. The van der Waals surface area contributed by atoms with Gasteiger partial charge in [-0.15, -0.1) is 0 Å². The van der Waals surface area contributed by atoms with Gasteiger partial charge in [-0.25, -0.2) is 4.79 Å². The largest absolute Gasteiger partial charge is 0.457 e. The summed E-state index contributed by atoms with van der Waals surface area (Å²) in [5.41, 5.74) is 2.53. The molecule has 1 aromatic carbocycles. The van der Waals surface area contributed by atoms with Crippen LogP contribution in [0.15, 0.2) is 41.0 Å². The van der Waals surface area contributed by atoms with Gasteiger partial charge in [0.05, 0.1) is 6.26 Å². The molecule has 116 valence electrons. The molecular formula is C17H19NO4. The molecule has 1 heterocycles. The van der Waals surface area contributed by atoms with Gasteiger partial charge in [0.2, 0.25) is 5.76 Å². The van der Waals surface area contributed by atoms with Crippen molar-refractivity contribution in [2.75, 3.05) is 5.32 Å². The Kier molecular flexibility index (Phi) is 4.99. The van der Waals surface area contributed by atoms with Crippen LogP contribution in [0.2, 0.25) is 0 Å². The van der Waals surface area contributed by atoms with Crippen LogP contribution in [0.5, 0.6) is 0 Å². The average Bonchev–Trinajstić information content (AvgIpc) is 2.94. The molecule has 0 saturated carbocycles. The Balaban J connectivity index is 1.94. The predicted molar refractivity (Wildman–Crippen MR) is 82.8 cm³/mol. The van der Waals surface area contributed by atoms with Crippen molar-refractivity contribution in [2.24, 2.45) is 0 Å². The quantitative estimate of drug-likeness (QED) is 0.860. The molecule has 1 amide bonds. The van der Waals surface area contributed by atoms with Crippen molar-refractivity contribution < 1.29 is 18.7 Å². The van der Waals surface area contributed by atoms with E-state index in [0.29, 0.717) is 11.3 Å². The lowest BCUT2D eigenvalue weighted by Crippen LogP contribution is -2.30. The van der Waals surface area contributed by atoms with Gasteiger partial charge in [0.15, 0.2) is 6.10 Å². The topological polar surface area (TPSA) is 68.5 Å². The number of nitrogens with one attached hydrogen (secondary N) is 1. The van der Waals surface area contributed by atoms with E-state index in [-0.39, 0.29) is 11.7 Å². The van der Waals surface area contributed by atoms with Crippen molar-refractivity contribution in [3.8, 4) is 0 Å². The number of ether oxygens (including phenoxy) is 1. The molecule has 0 saturated heterocycles. The smallest absolute Gasteiger partial charge is 0.375 e. The standard InChI is InChI=1S/C17H19NO4/c1-4-13-5-7-14(8-6-13)18-16(19)12(3)22-17(20)15-11(2)9-10-21-15/h5-10,12H,4H2,1-3H3,(H,18,19). The summed E-state index contributed by atoms with van der Waals surface area (Å²) in [6.07, 6.45) is 1.43. The lowest BCUT2D eigenvalue weighted by molar-refractivity contribution is -0.123. The number of hydrogen-bond donors (Lipinski definition) is 1. The zero-order valence-corrected chi connectivity index (χ0v) is 12.9. The molecule has 0 aliphatic carbocycles. The summed E-state index contributed by atoms with van der Waals surface area (Å²) in [4.78, 5) is 23.9. The number of carbonyl (C=O) groups excluding carboxylic acids is 2. The van der Waals surface area contributed by atoms with Crippen LogP contribution >= 0.6 is 0 Å². The molecule has 0 aliphatic heterocycles. The number of rotatable bonds is 5. The molecule has 1 unspecified atom stereocenters. The molecular weight excluding hydrogens is 282 g/mol. The van der Waals surface area contributed by atoms with Gasteiger partial charge >= 0.3 is 5.97 Å². The van der Waals surface area contributed by atoms with E-state index in [1.54, 1.807) is 13.0 Å². The number of benzene rings is 1. The Morgan fingerprint density at radius 1 is 1.23 bits per heavy atom. The molecule has 2 aromatic rings. The summed E-state index contributed by atoms with van der Waals surface area (Å²) in [6.45, 7) is 5.32. The Morgan fingerprint density at radius 3 is 2.45 bits per heavy atom. The highest BCUT2D eigenvalue weighted by atomic mass is 16.6. The number of anilines is 1. The fourth-order valence-electron chi connectivity index (χ4n) is 1.92. The number of hydrogen-bond acceptors (Lipinski definition) is 4. The van der Waals surface area contributed by atoms with E-state index in [4.69, 9.17) is 9.15 Å². The molecule has 5 nitrogen and oxygen atoms in total. The lowest BCUT2D eigenvalue weighted by atomic mass is 10.1. The predicted octanol–water partition coefficient (Wildman–Crippen LogP) is 3.33. The molecule has 0 spiro atoms. The summed E-state index contributed by atoms with van der Waals surface area (Å²) >= 11 is 0. The summed E-state index contributed by atoms with van der Waals surface area (Å²) in [6, 6.07) is 9.19. The fourth-order valence-corrected chi connectivity index (χ4v) is 1.92. The third-order valence-corrected chi connectivity index (χ3v) is 3.33. The average molecular weight is 301 g/mol. The number of furan rings is 1. The molecule has 1 aromatic heterocycles. The zero-order chi connectivity index (χ0) is 16.1. The number of esters is 1. The van der Waals surface area contributed by atoms with Crippen LogP contribution in [0, 0.1) is 6.92 Å². The third kappa shape index (κ3) is 3.75. The number of aryl methyl sites for hydroxylation is 2. The highest BCUT2D eigenvalue weighted by molar-refractivity contribution is 5.96. The molecule has 0 radical (unpaired) electrons. The minimum absolute atomic E-state index is 0.118. The van der Waals surface area contributed by atoms with Gasteiger partial charge in [-0.3, -0.25) is 4.79 Å². The van der Waals surface area contributed by atoms with Crippen molar-refractivity contribution in [3.05, 3.63) is 53.5 Å². The van der Waals surface area contributed by atoms with Gasteiger partial charge in [0, 0.05) is 11.3 Å². The Morgan fingerprint density at radius 2 is 1.91 bits per heavy atom. The van der Waals surface area contributed by atoms with E-state index < -0.39 is 12.1 Å². The van der Waals surface area contributed by atoms with Gasteiger partial charge in [-0.1, -0.05) is 19.1 Å². The number of amides is 1. The first-order valence-electron chi connectivity index (χ1n) is 7.16. The molecule has 22 heavy (non-hydrogen) atoms. The first-order valence-corrected chi connectivity index (χ1v) is 7.16.